The maximum Gasteiger partial charge on any atom is 0.418 e. The van der Waals surface area contributed by atoms with E-state index < -0.39 is 23.2 Å². The molecule has 0 saturated carbocycles. The second kappa shape index (κ2) is 4.65. The Hall–Kier alpha value is -1.72. The number of nitrogens with two attached hydrogens (primary N) is 1. The summed E-state index contributed by atoms with van der Waals surface area (Å²) in [6.07, 6.45) is -4.56. The van der Waals surface area contributed by atoms with Gasteiger partial charge in [0.2, 0.25) is 0 Å². The van der Waals surface area contributed by atoms with Crippen LogP contribution < -0.4 is 10.5 Å². The number of halogens is 3. The minimum absolute atomic E-state index is 0.0531. The summed E-state index contributed by atoms with van der Waals surface area (Å²) in [5.74, 6) is -0.594. The van der Waals surface area contributed by atoms with Crippen LogP contribution in [-0.4, -0.2) is 12.4 Å². The Bertz CT molecular complexity index is 441. The highest BCUT2D eigenvalue weighted by Gasteiger charge is 2.35. The third kappa shape index (κ3) is 2.69. The zero-order valence-corrected chi connectivity index (χ0v) is 9.39. The lowest BCUT2D eigenvalue weighted by Gasteiger charge is -2.16. The van der Waals surface area contributed by atoms with Crippen LogP contribution >= 0.6 is 0 Å². The molecule has 6 heteroatoms. The van der Waals surface area contributed by atoms with Crippen LogP contribution in [0.2, 0.25) is 0 Å². The molecule has 0 saturated heterocycles. The lowest BCUT2D eigenvalue weighted by atomic mass is 10.0. The Labute approximate surface area is 96.4 Å². The number of hydrogen-bond donors (Lipinski definition) is 1. The van der Waals surface area contributed by atoms with Gasteiger partial charge in [0, 0.05) is 0 Å². The molecular weight excluding hydrogens is 235 g/mol. The van der Waals surface area contributed by atoms with Crippen LogP contribution in [0.25, 0.3) is 0 Å². The van der Waals surface area contributed by atoms with Crippen molar-refractivity contribution in [3.63, 3.8) is 0 Å². The first-order valence-electron chi connectivity index (χ1n) is 4.92. The van der Waals surface area contributed by atoms with Crippen molar-refractivity contribution in [1.29, 1.82) is 0 Å². The van der Waals surface area contributed by atoms with E-state index in [0.717, 1.165) is 12.1 Å². The van der Waals surface area contributed by atoms with Crippen molar-refractivity contribution in [1.82, 2.24) is 0 Å². The van der Waals surface area contributed by atoms with E-state index in [1.165, 1.54) is 6.92 Å². The van der Waals surface area contributed by atoms with E-state index in [1.54, 1.807) is 6.92 Å². The molecule has 0 unspecified atom stereocenters. The van der Waals surface area contributed by atoms with Crippen molar-refractivity contribution < 1.29 is 22.7 Å². The topological polar surface area (TPSA) is 52.3 Å². The molecule has 1 rings (SSSR count). The van der Waals surface area contributed by atoms with Gasteiger partial charge < -0.3 is 10.5 Å². The molecule has 0 aliphatic carbocycles. The number of ether oxygens (including phenoxy) is 1. The molecule has 94 valence electrons. The van der Waals surface area contributed by atoms with Gasteiger partial charge in [-0.3, -0.25) is 4.79 Å². The van der Waals surface area contributed by atoms with E-state index in [0.29, 0.717) is 0 Å². The molecule has 0 radical (unpaired) electrons. The molecule has 3 nitrogen and oxygen atoms in total. The summed E-state index contributed by atoms with van der Waals surface area (Å²) >= 11 is 0. The van der Waals surface area contributed by atoms with Gasteiger partial charge in [-0.2, -0.15) is 13.2 Å². The molecule has 0 spiro atoms. The molecule has 0 atom stereocenters. The molecule has 0 aliphatic rings. The van der Waals surface area contributed by atoms with Gasteiger partial charge in [0.05, 0.1) is 23.4 Å². The number of anilines is 1. The Kier molecular flexibility index (Phi) is 3.65. The fourth-order valence-electron chi connectivity index (χ4n) is 1.42. The van der Waals surface area contributed by atoms with Crippen LogP contribution in [-0.2, 0) is 6.18 Å². The fraction of sp³-hybridized carbons (Fsp3) is 0.364. The van der Waals surface area contributed by atoms with Gasteiger partial charge in [0.1, 0.15) is 0 Å². The number of ketones is 1. The number of carbonyl (C=O) groups excluding carboxylic acids is 1. The summed E-state index contributed by atoms with van der Waals surface area (Å²) in [7, 11) is 0. The summed E-state index contributed by atoms with van der Waals surface area (Å²) in [5, 5.41) is 0. The number of hydrogen-bond acceptors (Lipinski definition) is 3. The maximum atomic E-state index is 12.6. The summed E-state index contributed by atoms with van der Waals surface area (Å²) in [6.45, 7) is 2.97. The third-order valence-corrected chi connectivity index (χ3v) is 2.17. The first-order chi connectivity index (χ1) is 7.79. The molecule has 1 aromatic carbocycles. The molecule has 0 aliphatic heterocycles. The summed E-state index contributed by atoms with van der Waals surface area (Å²) in [6, 6.07) is 1.86. The number of alkyl halides is 3. The molecule has 17 heavy (non-hydrogen) atoms. The molecule has 1 aromatic rings. The molecule has 0 heterocycles. The minimum Gasteiger partial charge on any atom is -0.491 e. The number of rotatable bonds is 3. The lowest BCUT2D eigenvalue weighted by molar-refractivity contribution is -0.137. The smallest absolute Gasteiger partial charge is 0.418 e. The highest BCUT2D eigenvalue weighted by molar-refractivity contribution is 5.99. The van der Waals surface area contributed by atoms with E-state index in [4.69, 9.17) is 10.5 Å². The Balaban J connectivity index is 3.43. The third-order valence-electron chi connectivity index (χ3n) is 2.17. The number of nitrogen functional groups attached to an aromatic ring is 1. The van der Waals surface area contributed by atoms with Crippen LogP contribution in [0.1, 0.15) is 29.8 Å². The average Bonchev–Trinajstić information content (AvgIpc) is 2.18. The quantitative estimate of drug-likeness (QED) is 0.660. The van der Waals surface area contributed by atoms with Crippen molar-refractivity contribution in [3.05, 3.63) is 23.3 Å². The van der Waals surface area contributed by atoms with Gasteiger partial charge in [-0.15, -0.1) is 0 Å². The normalized spacial score (nSPS) is 11.4. The zero-order valence-electron chi connectivity index (χ0n) is 9.39. The van der Waals surface area contributed by atoms with Gasteiger partial charge in [0.25, 0.3) is 0 Å². The van der Waals surface area contributed by atoms with Crippen molar-refractivity contribution in [2.75, 3.05) is 12.3 Å². The molecule has 0 aromatic heterocycles. The molecule has 2 N–H and O–H groups in total. The number of carbonyl (C=O) groups is 1. The molecule has 0 bridgehead atoms. The predicted octanol–water partition coefficient (Wildman–Crippen LogP) is 2.89. The van der Waals surface area contributed by atoms with Crippen LogP contribution in [0.4, 0.5) is 18.9 Å². The maximum absolute atomic E-state index is 12.6. The monoisotopic (exact) mass is 247 g/mol. The van der Waals surface area contributed by atoms with Crippen molar-refractivity contribution >= 4 is 11.5 Å². The second-order valence-corrected chi connectivity index (χ2v) is 3.39. The van der Waals surface area contributed by atoms with Gasteiger partial charge >= 0.3 is 6.18 Å². The highest BCUT2D eigenvalue weighted by Crippen LogP contribution is 2.39. The SMILES string of the molecule is CCOc1c(C(C)=O)ccc(C(F)(F)F)c1N. The largest absolute Gasteiger partial charge is 0.491 e. The first kappa shape index (κ1) is 13.3. The van der Waals surface area contributed by atoms with Crippen LogP contribution in [0.15, 0.2) is 12.1 Å². The Morgan fingerprint density at radius 1 is 1.41 bits per heavy atom. The highest BCUT2D eigenvalue weighted by atomic mass is 19.4. The summed E-state index contributed by atoms with van der Waals surface area (Å²) in [4.78, 5) is 11.2. The van der Waals surface area contributed by atoms with Crippen molar-refractivity contribution in [2.24, 2.45) is 0 Å². The summed E-state index contributed by atoms with van der Waals surface area (Å²) < 4.78 is 42.8. The van der Waals surface area contributed by atoms with Crippen molar-refractivity contribution in [3.8, 4) is 5.75 Å². The van der Waals surface area contributed by atoms with E-state index in [2.05, 4.69) is 0 Å². The van der Waals surface area contributed by atoms with E-state index in [-0.39, 0.29) is 17.9 Å². The number of benzene rings is 1. The predicted molar refractivity (Wildman–Crippen MR) is 57.0 cm³/mol. The van der Waals surface area contributed by atoms with Gasteiger partial charge in [-0.1, -0.05) is 0 Å². The van der Waals surface area contributed by atoms with Crippen LogP contribution in [0.5, 0.6) is 5.75 Å². The fourth-order valence-corrected chi connectivity index (χ4v) is 1.42. The number of Topliss-reactive ketones (excluding diaryl/α,β-unsaturated/α-hetero) is 1. The van der Waals surface area contributed by atoms with Crippen LogP contribution in [0, 0.1) is 0 Å². The molecule has 0 amide bonds. The van der Waals surface area contributed by atoms with E-state index in [9.17, 15) is 18.0 Å². The van der Waals surface area contributed by atoms with E-state index >= 15 is 0 Å². The molecular formula is C11H12F3NO2. The standard InChI is InChI=1S/C11H12F3NO2/c1-3-17-10-7(6(2)16)4-5-8(9(10)15)11(12,13)14/h4-5H,3,15H2,1-2H3. The average molecular weight is 247 g/mol. The van der Waals surface area contributed by atoms with Gasteiger partial charge in [-0.25, -0.2) is 0 Å². The second-order valence-electron chi connectivity index (χ2n) is 3.39. The Morgan fingerprint density at radius 3 is 2.41 bits per heavy atom. The molecule has 0 fully saturated rings. The van der Waals surface area contributed by atoms with Crippen molar-refractivity contribution in [2.45, 2.75) is 20.0 Å². The minimum atomic E-state index is -4.56. The summed E-state index contributed by atoms with van der Waals surface area (Å²) in [5.41, 5.74) is 3.91. The van der Waals surface area contributed by atoms with Gasteiger partial charge in [-0.05, 0) is 26.0 Å². The van der Waals surface area contributed by atoms with Gasteiger partial charge in [0.15, 0.2) is 11.5 Å². The first-order valence-corrected chi connectivity index (χ1v) is 4.92. The van der Waals surface area contributed by atoms with E-state index in [1.807, 2.05) is 0 Å². The lowest BCUT2D eigenvalue weighted by Crippen LogP contribution is -2.13. The van der Waals surface area contributed by atoms with Crippen LogP contribution in [0.3, 0.4) is 0 Å². The zero-order chi connectivity index (χ0) is 13.2. The Morgan fingerprint density at radius 2 is 2.00 bits per heavy atom.